The van der Waals surface area contributed by atoms with Crippen LogP contribution in [-0.4, -0.2) is 34.7 Å². The molecule has 132 valence electrons. The summed E-state index contributed by atoms with van der Waals surface area (Å²) in [5, 5.41) is 13.3. The maximum absolute atomic E-state index is 12.4. The Morgan fingerprint density at radius 2 is 2.08 bits per heavy atom. The average molecular weight is 382 g/mol. The van der Waals surface area contributed by atoms with E-state index in [1.165, 1.54) is 40.5 Å². The van der Waals surface area contributed by atoms with Crippen LogP contribution in [0.25, 0.3) is 0 Å². The number of halogens is 1. The van der Waals surface area contributed by atoms with E-state index in [1.807, 2.05) is 6.07 Å². The fraction of sp³-hybridized carbons (Fsp3) is 0.250. The molecule has 0 aliphatic rings. The Morgan fingerprint density at radius 1 is 1.36 bits per heavy atom. The minimum atomic E-state index is -0.771. The van der Waals surface area contributed by atoms with Crippen LogP contribution in [-0.2, 0) is 11.3 Å². The van der Waals surface area contributed by atoms with Gasteiger partial charge in [0, 0.05) is 29.6 Å². The molecule has 7 nitrogen and oxygen atoms in total. The number of benzene rings is 1. The molecular weight excluding hydrogens is 366 g/mol. The van der Waals surface area contributed by atoms with Gasteiger partial charge in [-0.3, -0.25) is 19.7 Å². The maximum Gasteiger partial charge on any atom is 0.270 e. The van der Waals surface area contributed by atoms with Crippen molar-refractivity contribution in [1.82, 2.24) is 10.2 Å². The molecule has 1 N–H and O–H groups in total. The van der Waals surface area contributed by atoms with E-state index < -0.39 is 16.9 Å². The summed E-state index contributed by atoms with van der Waals surface area (Å²) in [7, 11) is 1.63. The summed E-state index contributed by atoms with van der Waals surface area (Å²) in [6.45, 7) is 1.95. The van der Waals surface area contributed by atoms with Crippen molar-refractivity contribution in [2.75, 3.05) is 7.05 Å². The van der Waals surface area contributed by atoms with Gasteiger partial charge in [0.2, 0.25) is 5.91 Å². The molecule has 0 aliphatic carbocycles. The summed E-state index contributed by atoms with van der Waals surface area (Å²) < 4.78 is 0.642. The second-order valence-electron chi connectivity index (χ2n) is 5.40. The van der Waals surface area contributed by atoms with Crippen molar-refractivity contribution >= 4 is 40.4 Å². The Hall–Kier alpha value is -2.45. The number of hydrogen-bond acceptors (Lipinski definition) is 5. The number of carbonyl (C=O) groups excluding carboxylic acids is 2. The maximum atomic E-state index is 12.4. The summed E-state index contributed by atoms with van der Waals surface area (Å²) in [4.78, 5) is 37.2. The van der Waals surface area contributed by atoms with E-state index >= 15 is 0 Å². The van der Waals surface area contributed by atoms with Crippen LogP contribution in [0.3, 0.4) is 0 Å². The Balaban J connectivity index is 1.98. The summed E-state index contributed by atoms with van der Waals surface area (Å²) in [5.41, 5.74) is -0.0557. The van der Waals surface area contributed by atoms with Crippen LogP contribution in [0.4, 0.5) is 5.69 Å². The van der Waals surface area contributed by atoms with Crippen LogP contribution < -0.4 is 5.32 Å². The van der Waals surface area contributed by atoms with E-state index in [9.17, 15) is 19.7 Å². The highest BCUT2D eigenvalue weighted by atomic mass is 35.5. The molecule has 1 aromatic heterocycles. The number of hydrogen-bond donors (Lipinski definition) is 1. The molecule has 0 radical (unpaired) electrons. The average Bonchev–Trinajstić information content (AvgIpc) is 2.98. The first-order chi connectivity index (χ1) is 11.8. The minimum absolute atomic E-state index is 0.126. The van der Waals surface area contributed by atoms with Gasteiger partial charge in [0.25, 0.3) is 11.6 Å². The molecule has 2 aromatic rings. The number of nitrogens with zero attached hydrogens (tertiary/aromatic N) is 2. The third kappa shape index (κ3) is 5.01. The largest absolute Gasteiger partial charge is 0.341 e. The molecule has 9 heteroatoms. The molecule has 0 bridgehead atoms. The van der Waals surface area contributed by atoms with Gasteiger partial charge in [-0.05, 0) is 25.1 Å². The Bertz CT molecular complexity index is 808. The van der Waals surface area contributed by atoms with Gasteiger partial charge in [0.1, 0.15) is 6.04 Å². The fourth-order valence-corrected chi connectivity index (χ4v) is 3.32. The summed E-state index contributed by atoms with van der Waals surface area (Å²) in [5.74, 6) is -0.819. The second-order valence-corrected chi connectivity index (χ2v) is 7.20. The van der Waals surface area contributed by atoms with E-state index in [-0.39, 0.29) is 17.2 Å². The van der Waals surface area contributed by atoms with Crippen LogP contribution in [0, 0.1) is 10.1 Å². The van der Waals surface area contributed by atoms with Crippen molar-refractivity contribution in [3.63, 3.8) is 0 Å². The molecule has 25 heavy (non-hydrogen) atoms. The van der Waals surface area contributed by atoms with Gasteiger partial charge in [-0.25, -0.2) is 0 Å². The third-order valence-electron chi connectivity index (χ3n) is 3.44. The molecule has 0 spiro atoms. The van der Waals surface area contributed by atoms with Crippen LogP contribution in [0.5, 0.6) is 0 Å². The number of thiophene rings is 1. The van der Waals surface area contributed by atoms with Crippen molar-refractivity contribution < 1.29 is 14.5 Å². The lowest BCUT2D eigenvalue weighted by Gasteiger charge is -2.21. The van der Waals surface area contributed by atoms with E-state index in [1.54, 1.807) is 20.0 Å². The van der Waals surface area contributed by atoms with Crippen molar-refractivity contribution in [2.24, 2.45) is 0 Å². The number of amides is 2. The molecule has 0 saturated carbocycles. The van der Waals surface area contributed by atoms with Gasteiger partial charge in [0.15, 0.2) is 0 Å². The highest BCUT2D eigenvalue weighted by Gasteiger charge is 2.21. The molecule has 1 atom stereocenters. The molecule has 0 aliphatic heterocycles. The first-order valence-corrected chi connectivity index (χ1v) is 8.52. The molecule has 2 amide bonds. The molecule has 1 heterocycles. The van der Waals surface area contributed by atoms with Crippen molar-refractivity contribution in [3.8, 4) is 0 Å². The van der Waals surface area contributed by atoms with Crippen LogP contribution in [0.1, 0.15) is 22.2 Å². The Morgan fingerprint density at radius 3 is 2.68 bits per heavy atom. The monoisotopic (exact) mass is 381 g/mol. The molecule has 0 fully saturated rings. The van der Waals surface area contributed by atoms with Crippen molar-refractivity contribution in [2.45, 2.75) is 19.5 Å². The smallest absolute Gasteiger partial charge is 0.270 e. The third-order valence-corrected chi connectivity index (χ3v) is 4.65. The Kier molecular flexibility index (Phi) is 6.11. The molecular formula is C16H16ClN3O4S. The fourth-order valence-electron chi connectivity index (χ4n) is 2.18. The molecule has 1 aromatic carbocycles. The lowest BCUT2D eigenvalue weighted by Crippen LogP contribution is -2.45. The number of rotatable bonds is 6. The first kappa shape index (κ1) is 18.9. The quantitative estimate of drug-likeness (QED) is 0.614. The van der Waals surface area contributed by atoms with Gasteiger partial charge in [0.05, 0.1) is 15.8 Å². The van der Waals surface area contributed by atoms with E-state index in [4.69, 9.17) is 11.6 Å². The highest BCUT2D eigenvalue weighted by molar-refractivity contribution is 7.16. The lowest BCUT2D eigenvalue weighted by atomic mass is 10.1. The van der Waals surface area contributed by atoms with Crippen molar-refractivity contribution in [3.05, 3.63) is 61.3 Å². The van der Waals surface area contributed by atoms with Gasteiger partial charge in [-0.1, -0.05) is 17.7 Å². The minimum Gasteiger partial charge on any atom is -0.341 e. The van der Waals surface area contributed by atoms with Gasteiger partial charge >= 0.3 is 0 Å². The standard InChI is InChI=1S/C16H16ClN3O4S/c1-10(16(22)19(2)9-13-6-7-14(17)25-13)18-15(21)11-4-3-5-12(8-11)20(23)24/h3-8,10H,9H2,1-2H3,(H,18,21). The normalized spacial score (nSPS) is 11.6. The van der Waals surface area contributed by atoms with Crippen molar-refractivity contribution in [1.29, 1.82) is 0 Å². The van der Waals surface area contributed by atoms with Gasteiger partial charge < -0.3 is 10.2 Å². The number of nitro benzene ring substituents is 1. The molecule has 1 unspecified atom stereocenters. The number of carbonyl (C=O) groups is 2. The van der Waals surface area contributed by atoms with Gasteiger partial charge in [-0.2, -0.15) is 0 Å². The second kappa shape index (κ2) is 8.09. The van der Waals surface area contributed by atoms with Crippen LogP contribution in [0.15, 0.2) is 36.4 Å². The zero-order valence-corrected chi connectivity index (χ0v) is 15.1. The van der Waals surface area contributed by atoms with Crippen LogP contribution in [0.2, 0.25) is 4.34 Å². The van der Waals surface area contributed by atoms with E-state index in [0.717, 1.165) is 4.88 Å². The number of nitrogens with one attached hydrogen (secondary N) is 1. The predicted octanol–water partition coefficient (Wildman–Crippen LogP) is 3.09. The number of non-ortho nitro benzene ring substituents is 1. The molecule has 0 saturated heterocycles. The highest BCUT2D eigenvalue weighted by Crippen LogP contribution is 2.22. The van der Waals surface area contributed by atoms with Crippen LogP contribution >= 0.6 is 22.9 Å². The lowest BCUT2D eigenvalue weighted by molar-refractivity contribution is -0.384. The zero-order valence-electron chi connectivity index (χ0n) is 13.6. The first-order valence-electron chi connectivity index (χ1n) is 7.32. The number of likely N-dealkylation sites (N-methyl/N-ethyl adjacent to an activating group) is 1. The topological polar surface area (TPSA) is 92.5 Å². The summed E-state index contributed by atoms with van der Waals surface area (Å²) in [6, 6.07) is 8.17. The number of nitro groups is 1. The SMILES string of the molecule is CC(NC(=O)c1cccc([N+](=O)[O-])c1)C(=O)N(C)Cc1ccc(Cl)s1. The molecule has 2 rings (SSSR count). The summed E-state index contributed by atoms with van der Waals surface area (Å²) in [6.07, 6.45) is 0. The Labute approximate surface area is 153 Å². The zero-order chi connectivity index (χ0) is 18.6. The predicted molar refractivity (Wildman–Crippen MR) is 95.8 cm³/mol. The summed E-state index contributed by atoms with van der Waals surface area (Å²) >= 11 is 7.25. The van der Waals surface area contributed by atoms with E-state index in [2.05, 4.69) is 5.32 Å². The van der Waals surface area contributed by atoms with Gasteiger partial charge in [-0.15, -0.1) is 11.3 Å². The van der Waals surface area contributed by atoms with E-state index in [0.29, 0.717) is 10.9 Å².